The second-order valence-corrected chi connectivity index (χ2v) is 5.06. The van der Waals surface area contributed by atoms with Crippen LogP contribution >= 0.6 is 0 Å². The van der Waals surface area contributed by atoms with Gasteiger partial charge in [0.1, 0.15) is 0 Å². The van der Waals surface area contributed by atoms with Crippen LogP contribution in [0.2, 0.25) is 0 Å². The SMILES string of the molecule is O=C(Nc1ccc(NCc2cccnc2)cc1)C1CC1. The molecule has 1 aromatic heterocycles. The molecule has 1 aliphatic carbocycles. The molecule has 1 aromatic carbocycles. The third kappa shape index (κ3) is 3.35. The molecule has 2 N–H and O–H groups in total. The molecule has 4 nitrogen and oxygen atoms in total. The standard InChI is InChI=1S/C16H17N3O/c20-16(13-3-4-13)19-15-7-5-14(6-8-15)18-11-12-2-1-9-17-10-12/h1-2,5-10,13,18H,3-4,11H2,(H,19,20). The first-order valence-corrected chi connectivity index (χ1v) is 6.85. The molecule has 1 saturated carbocycles. The fourth-order valence-electron chi connectivity index (χ4n) is 1.97. The van der Waals surface area contributed by atoms with Crippen LogP contribution in [0.25, 0.3) is 0 Å². The summed E-state index contributed by atoms with van der Waals surface area (Å²) in [5.74, 6) is 0.374. The molecule has 0 saturated heterocycles. The van der Waals surface area contributed by atoms with Crippen molar-refractivity contribution in [1.82, 2.24) is 4.98 Å². The second-order valence-electron chi connectivity index (χ2n) is 5.06. The number of nitrogens with one attached hydrogen (secondary N) is 2. The average molecular weight is 267 g/mol. The Kier molecular flexibility index (Phi) is 3.63. The highest BCUT2D eigenvalue weighted by atomic mass is 16.2. The molecule has 3 rings (SSSR count). The number of nitrogens with zero attached hydrogens (tertiary/aromatic N) is 1. The fraction of sp³-hybridized carbons (Fsp3) is 0.250. The van der Waals surface area contributed by atoms with Crippen LogP contribution in [-0.4, -0.2) is 10.9 Å². The summed E-state index contributed by atoms with van der Waals surface area (Å²) >= 11 is 0. The van der Waals surface area contributed by atoms with Crippen LogP contribution in [0.5, 0.6) is 0 Å². The normalized spacial score (nSPS) is 13.8. The van der Waals surface area contributed by atoms with E-state index in [0.29, 0.717) is 0 Å². The predicted octanol–water partition coefficient (Wildman–Crippen LogP) is 3.04. The molecular weight excluding hydrogens is 250 g/mol. The summed E-state index contributed by atoms with van der Waals surface area (Å²) in [4.78, 5) is 15.7. The maximum Gasteiger partial charge on any atom is 0.227 e. The van der Waals surface area contributed by atoms with Gasteiger partial charge in [-0.3, -0.25) is 9.78 Å². The van der Waals surface area contributed by atoms with Gasteiger partial charge in [0, 0.05) is 36.2 Å². The Hall–Kier alpha value is -2.36. The van der Waals surface area contributed by atoms with E-state index in [4.69, 9.17) is 0 Å². The molecule has 1 fully saturated rings. The van der Waals surface area contributed by atoms with E-state index in [1.54, 1.807) is 6.20 Å². The van der Waals surface area contributed by atoms with Crippen molar-refractivity contribution in [2.45, 2.75) is 19.4 Å². The fourth-order valence-corrected chi connectivity index (χ4v) is 1.97. The summed E-state index contributed by atoms with van der Waals surface area (Å²) in [6.07, 6.45) is 5.66. The van der Waals surface area contributed by atoms with Gasteiger partial charge in [0.15, 0.2) is 0 Å². The van der Waals surface area contributed by atoms with Crippen molar-refractivity contribution in [2.75, 3.05) is 10.6 Å². The van der Waals surface area contributed by atoms with Gasteiger partial charge in [0.25, 0.3) is 0 Å². The van der Waals surface area contributed by atoms with Gasteiger partial charge in [-0.2, -0.15) is 0 Å². The van der Waals surface area contributed by atoms with Gasteiger partial charge < -0.3 is 10.6 Å². The molecular formula is C16H17N3O. The van der Waals surface area contributed by atoms with Crippen molar-refractivity contribution in [3.63, 3.8) is 0 Å². The molecule has 0 atom stereocenters. The minimum absolute atomic E-state index is 0.140. The Balaban J connectivity index is 1.54. The van der Waals surface area contributed by atoms with Crippen molar-refractivity contribution >= 4 is 17.3 Å². The van der Waals surface area contributed by atoms with Crippen LogP contribution < -0.4 is 10.6 Å². The number of benzene rings is 1. The summed E-state index contributed by atoms with van der Waals surface area (Å²) in [6.45, 7) is 0.738. The number of amides is 1. The number of rotatable bonds is 5. The van der Waals surface area contributed by atoms with Crippen molar-refractivity contribution < 1.29 is 4.79 Å². The molecule has 0 spiro atoms. The maximum atomic E-state index is 11.6. The topological polar surface area (TPSA) is 54.0 Å². The third-order valence-electron chi connectivity index (χ3n) is 3.32. The monoisotopic (exact) mass is 267 g/mol. The molecule has 0 unspecified atom stereocenters. The first-order valence-electron chi connectivity index (χ1n) is 6.85. The van der Waals surface area contributed by atoms with Gasteiger partial charge in [-0.1, -0.05) is 6.07 Å². The molecule has 20 heavy (non-hydrogen) atoms. The largest absolute Gasteiger partial charge is 0.381 e. The molecule has 0 bridgehead atoms. The highest BCUT2D eigenvalue weighted by Gasteiger charge is 2.29. The van der Waals surface area contributed by atoms with Crippen molar-refractivity contribution in [3.8, 4) is 0 Å². The summed E-state index contributed by atoms with van der Waals surface area (Å²) in [6, 6.07) is 11.7. The molecule has 1 aliphatic rings. The highest BCUT2D eigenvalue weighted by molar-refractivity contribution is 5.94. The molecule has 102 valence electrons. The third-order valence-corrected chi connectivity index (χ3v) is 3.32. The molecule has 0 aliphatic heterocycles. The van der Waals surface area contributed by atoms with Crippen LogP contribution in [-0.2, 0) is 11.3 Å². The van der Waals surface area contributed by atoms with Crippen LogP contribution in [0.1, 0.15) is 18.4 Å². The lowest BCUT2D eigenvalue weighted by Gasteiger charge is -2.08. The molecule has 1 amide bonds. The number of anilines is 2. The van der Waals surface area contributed by atoms with Gasteiger partial charge in [0.05, 0.1) is 0 Å². The van der Waals surface area contributed by atoms with Gasteiger partial charge in [-0.15, -0.1) is 0 Å². The lowest BCUT2D eigenvalue weighted by atomic mass is 10.2. The van der Waals surface area contributed by atoms with E-state index in [1.165, 1.54) is 0 Å². The van der Waals surface area contributed by atoms with Gasteiger partial charge >= 0.3 is 0 Å². The Morgan fingerprint density at radius 1 is 1.15 bits per heavy atom. The Morgan fingerprint density at radius 2 is 1.90 bits per heavy atom. The van der Waals surface area contributed by atoms with Gasteiger partial charge in [0.2, 0.25) is 5.91 Å². The molecule has 4 heteroatoms. The smallest absolute Gasteiger partial charge is 0.227 e. The zero-order chi connectivity index (χ0) is 13.8. The zero-order valence-electron chi connectivity index (χ0n) is 11.2. The predicted molar refractivity (Wildman–Crippen MR) is 79.4 cm³/mol. The van der Waals surface area contributed by atoms with E-state index in [0.717, 1.165) is 36.3 Å². The van der Waals surface area contributed by atoms with Crippen molar-refractivity contribution in [3.05, 3.63) is 54.4 Å². The lowest BCUT2D eigenvalue weighted by molar-refractivity contribution is -0.117. The molecule has 2 aromatic rings. The summed E-state index contributed by atoms with van der Waals surface area (Å²) < 4.78 is 0. The number of hydrogen-bond donors (Lipinski definition) is 2. The van der Waals surface area contributed by atoms with E-state index in [2.05, 4.69) is 15.6 Å². The summed E-state index contributed by atoms with van der Waals surface area (Å²) in [5, 5.41) is 6.25. The summed E-state index contributed by atoms with van der Waals surface area (Å²) in [5.41, 5.74) is 3.02. The highest BCUT2D eigenvalue weighted by Crippen LogP contribution is 2.30. The maximum absolute atomic E-state index is 11.6. The first-order chi connectivity index (χ1) is 9.81. The minimum Gasteiger partial charge on any atom is -0.381 e. The average Bonchev–Trinajstić information content (AvgIpc) is 3.32. The number of carbonyl (C=O) groups excluding carboxylic acids is 1. The quantitative estimate of drug-likeness (QED) is 0.875. The molecule has 1 heterocycles. The Morgan fingerprint density at radius 3 is 2.55 bits per heavy atom. The number of pyridine rings is 1. The molecule has 0 radical (unpaired) electrons. The van der Waals surface area contributed by atoms with Crippen LogP contribution in [0.3, 0.4) is 0 Å². The lowest BCUT2D eigenvalue weighted by Crippen LogP contribution is -2.13. The van der Waals surface area contributed by atoms with E-state index < -0.39 is 0 Å². The first kappa shape index (κ1) is 12.7. The number of hydrogen-bond acceptors (Lipinski definition) is 3. The van der Waals surface area contributed by atoms with Gasteiger partial charge in [-0.25, -0.2) is 0 Å². The van der Waals surface area contributed by atoms with Crippen LogP contribution in [0.4, 0.5) is 11.4 Å². The Labute approximate surface area is 118 Å². The second kappa shape index (κ2) is 5.74. The summed E-state index contributed by atoms with van der Waals surface area (Å²) in [7, 11) is 0. The van der Waals surface area contributed by atoms with Crippen molar-refractivity contribution in [1.29, 1.82) is 0 Å². The van der Waals surface area contributed by atoms with E-state index >= 15 is 0 Å². The van der Waals surface area contributed by atoms with E-state index in [9.17, 15) is 4.79 Å². The van der Waals surface area contributed by atoms with Crippen molar-refractivity contribution in [2.24, 2.45) is 5.92 Å². The number of carbonyl (C=O) groups is 1. The van der Waals surface area contributed by atoms with E-state index in [-0.39, 0.29) is 11.8 Å². The zero-order valence-corrected chi connectivity index (χ0v) is 11.2. The van der Waals surface area contributed by atoms with Gasteiger partial charge in [-0.05, 0) is 48.7 Å². The Bertz CT molecular complexity index is 576. The van der Waals surface area contributed by atoms with E-state index in [1.807, 2.05) is 42.6 Å². The number of aromatic nitrogens is 1. The minimum atomic E-state index is 0.140. The van der Waals surface area contributed by atoms with Crippen LogP contribution in [0, 0.1) is 5.92 Å². The van der Waals surface area contributed by atoms with Crippen LogP contribution in [0.15, 0.2) is 48.8 Å².